The Labute approximate surface area is 92.3 Å². The van der Waals surface area contributed by atoms with Crippen molar-refractivity contribution < 1.29 is 0 Å². The molecule has 0 saturated carbocycles. The van der Waals surface area contributed by atoms with Gasteiger partial charge in [-0.2, -0.15) is 0 Å². The zero-order valence-electron chi connectivity index (χ0n) is 9.80. The number of hydrogen-bond acceptors (Lipinski definition) is 1. The van der Waals surface area contributed by atoms with Gasteiger partial charge in [0.2, 0.25) is 0 Å². The van der Waals surface area contributed by atoms with Crippen LogP contribution in [0.3, 0.4) is 0 Å². The van der Waals surface area contributed by atoms with E-state index in [9.17, 15) is 0 Å². The van der Waals surface area contributed by atoms with Crippen LogP contribution in [0, 0.1) is 10.8 Å². The van der Waals surface area contributed by atoms with E-state index in [0.717, 1.165) is 11.3 Å². The van der Waals surface area contributed by atoms with Crippen molar-refractivity contribution in [3.63, 3.8) is 0 Å². The Hall–Kier alpha value is -1.37. The SMILES string of the molecule is C=C(C)C(C)(C)C(=N)Cc1ccccc1. The fraction of sp³-hybridized carbons (Fsp3) is 0.357. The third-order valence-corrected chi connectivity index (χ3v) is 3.05. The van der Waals surface area contributed by atoms with Gasteiger partial charge in [0.15, 0.2) is 0 Å². The summed E-state index contributed by atoms with van der Waals surface area (Å²) in [5.41, 5.74) is 2.76. The molecule has 0 saturated heterocycles. The molecule has 0 aliphatic rings. The van der Waals surface area contributed by atoms with Gasteiger partial charge in [-0.1, -0.05) is 56.3 Å². The molecule has 1 aromatic rings. The Balaban J connectivity index is 2.77. The van der Waals surface area contributed by atoms with E-state index in [1.165, 1.54) is 5.56 Å². The molecule has 80 valence electrons. The Bertz CT molecular complexity index is 360. The molecule has 0 spiro atoms. The van der Waals surface area contributed by atoms with Crippen LogP contribution in [0.2, 0.25) is 0 Å². The van der Waals surface area contributed by atoms with Crippen LogP contribution in [0.1, 0.15) is 26.3 Å². The van der Waals surface area contributed by atoms with Crippen LogP contribution in [0.15, 0.2) is 42.5 Å². The van der Waals surface area contributed by atoms with Gasteiger partial charge in [-0.15, -0.1) is 0 Å². The number of allylic oxidation sites excluding steroid dienone is 1. The first kappa shape index (κ1) is 11.7. The van der Waals surface area contributed by atoms with Crippen molar-refractivity contribution >= 4 is 5.71 Å². The summed E-state index contributed by atoms with van der Waals surface area (Å²) in [6, 6.07) is 10.1. The van der Waals surface area contributed by atoms with Crippen molar-refractivity contribution in [2.45, 2.75) is 27.2 Å². The van der Waals surface area contributed by atoms with Gasteiger partial charge in [0.1, 0.15) is 0 Å². The van der Waals surface area contributed by atoms with Crippen LogP contribution in [-0.4, -0.2) is 5.71 Å². The van der Waals surface area contributed by atoms with Gasteiger partial charge in [0.05, 0.1) is 0 Å². The van der Waals surface area contributed by atoms with Crippen molar-refractivity contribution in [2.24, 2.45) is 5.41 Å². The molecular formula is C14H19N. The molecule has 0 atom stereocenters. The Morgan fingerprint density at radius 2 is 1.80 bits per heavy atom. The van der Waals surface area contributed by atoms with E-state index in [0.29, 0.717) is 6.42 Å². The summed E-state index contributed by atoms with van der Waals surface area (Å²) in [5.74, 6) is 0. The van der Waals surface area contributed by atoms with Crippen molar-refractivity contribution in [1.29, 1.82) is 5.41 Å². The fourth-order valence-electron chi connectivity index (χ4n) is 1.28. The largest absolute Gasteiger partial charge is 0.308 e. The molecule has 0 unspecified atom stereocenters. The minimum atomic E-state index is -0.199. The Morgan fingerprint density at radius 3 is 2.27 bits per heavy atom. The highest BCUT2D eigenvalue weighted by Gasteiger charge is 2.24. The minimum absolute atomic E-state index is 0.199. The van der Waals surface area contributed by atoms with Crippen LogP contribution >= 0.6 is 0 Å². The fourth-order valence-corrected chi connectivity index (χ4v) is 1.28. The van der Waals surface area contributed by atoms with Gasteiger partial charge in [0, 0.05) is 17.5 Å². The Morgan fingerprint density at radius 1 is 1.27 bits per heavy atom. The van der Waals surface area contributed by atoms with E-state index < -0.39 is 0 Å². The lowest BCUT2D eigenvalue weighted by Gasteiger charge is -2.26. The van der Waals surface area contributed by atoms with E-state index in [4.69, 9.17) is 5.41 Å². The zero-order valence-corrected chi connectivity index (χ0v) is 9.80. The maximum atomic E-state index is 8.10. The molecule has 0 amide bonds. The average Bonchev–Trinajstić information content (AvgIpc) is 2.18. The Kier molecular flexibility index (Phi) is 3.46. The minimum Gasteiger partial charge on any atom is -0.308 e. The molecule has 1 aromatic carbocycles. The van der Waals surface area contributed by atoms with Gasteiger partial charge < -0.3 is 5.41 Å². The molecular weight excluding hydrogens is 182 g/mol. The van der Waals surface area contributed by atoms with Crippen LogP contribution in [0.4, 0.5) is 0 Å². The zero-order chi connectivity index (χ0) is 11.5. The molecule has 1 heteroatoms. The molecule has 0 aliphatic heterocycles. The van der Waals surface area contributed by atoms with E-state index >= 15 is 0 Å². The monoisotopic (exact) mass is 201 g/mol. The topological polar surface area (TPSA) is 23.9 Å². The van der Waals surface area contributed by atoms with Crippen LogP contribution in [0.25, 0.3) is 0 Å². The van der Waals surface area contributed by atoms with Gasteiger partial charge in [-0.3, -0.25) is 0 Å². The van der Waals surface area contributed by atoms with Crippen molar-refractivity contribution in [2.75, 3.05) is 0 Å². The van der Waals surface area contributed by atoms with Gasteiger partial charge in [0.25, 0.3) is 0 Å². The van der Waals surface area contributed by atoms with E-state index in [1.54, 1.807) is 0 Å². The smallest absolute Gasteiger partial charge is 0.0230 e. The number of hydrogen-bond donors (Lipinski definition) is 1. The second-order valence-electron chi connectivity index (χ2n) is 4.55. The summed E-state index contributed by atoms with van der Waals surface area (Å²) in [5, 5.41) is 8.10. The second kappa shape index (κ2) is 4.43. The van der Waals surface area contributed by atoms with E-state index in [2.05, 4.69) is 32.6 Å². The third-order valence-electron chi connectivity index (χ3n) is 3.05. The maximum Gasteiger partial charge on any atom is 0.0230 e. The molecule has 0 radical (unpaired) electrons. The lowest BCUT2D eigenvalue weighted by Crippen LogP contribution is -2.26. The van der Waals surface area contributed by atoms with Gasteiger partial charge in [-0.05, 0) is 12.5 Å². The van der Waals surface area contributed by atoms with Crippen molar-refractivity contribution in [3.8, 4) is 0 Å². The van der Waals surface area contributed by atoms with Crippen molar-refractivity contribution in [3.05, 3.63) is 48.0 Å². The number of benzene rings is 1. The molecule has 0 heterocycles. The normalized spacial score (nSPS) is 11.1. The first-order chi connectivity index (χ1) is 6.94. The molecule has 0 aromatic heterocycles. The highest BCUT2D eigenvalue weighted by molar-refractivity contribution is 5.91. The first-order valence-corrected chi connectivity index (χ1v) is 5.22. The lowest BCUT2D eigenvalue weighted by atomic mass is 9.79. The lowest BCUT2D eigenvalue weighted by molar-refractivity contribution is 0.615. The number of rotatable bonds is 4. The predicted molar refractivity (Wildman–Crippen MR) is 66.5 cm³/mol. The average molecular weight is 201 g/mol. The summed E-state index contributed by atoms with van der Waals surface area (Å²) in [4.78, 5) is 0. The summed E-state index contributed by atoms with van der Waals surface area (Å²) in [6.45, 7) is 10.0. The summed E-state index contributed by atoms with van der Waals surface area (Å²) >= 11 is 0. The summed E-state index contributed by atoms with van der Waals surface area (Å²) < 4.78 is 0. The molecule has 1 rings (SSSR count). The van der Waals surface area contributed by atoms with Crippen LogP contribution in [-0.2, 0) is 6.42 Å². The van der Waals surface area contributed by atoms with Crippen molar-refractivity contribution in [1.82, 2.24) is 0 Å². The molecule has 15 heavy (non-hydrogen) atoms. The quantitative estimate of drug-likeness (QED) is 0.565. The second-order valence-corrected chi connectivity index (χ2v) is 4.55. The molecule has 0 aliphatic carbocycles. The predicted octanol–water partition coefficient (Wildman–Crippen LogP) is 3.85. The van der Waals surface area contributed by atoms with Crippen LogP contribution < -0.4 is 0 Å². The first-order valence-electron chi connectivity index (χ1n) is 5.22. The standard InChI is InChI=1S/C14H19N/c1-11(2)14(3,4)13(15)10-12-8-6-5-7-9-12/h5-9,15H,1,10H2,2-4H3. The van der Waals surface area contributed by atoms with Crippen LogP contribution in [0.5, 0.6) is 0 Å². The maximum absolute atomic E-state index is 8.10. The highest BCUT2D eigenvalue weighted by atomic mass is 14.5. The van der Waals surface area contributed by atoms with E-state index in [-0.39, 0.29) is 5.41 Å². The highest BCUT2D eigenvalue weighted by Crippen LogP contribution is 2.27. The van der Waals surface area contributed by atoms with E-state index in [1.807, 2.05) is 25.1 Å². The number of nitrogens with one attached hydrogen (secondary N) is 1. The van der Waals surface area contributed by atoms with Gasteiger partial charge in [-0.25, -0.2) is 0 Å². The molecule has 0 bridgehead atoms. The van der Waals surface area contributed by atoms with Gasteiger partial charge >= 0.3 is 0 Å². The summed E-state index contributed by atoms with van der Waals surface area (Å²) in [6.07, 6.45) is 0.709. The molecule has 0 fully saturated rings. The summed E-state index contributed by atoms with van der Waals surface area (Å²) in [7, 11) is 0. The third kappa shape index (κ3) is 2.79. The molecule has 1 N–H and O–H groups in total. The molecule has 1 nitrogen and oxygen atoms in total.